The average molecular weight is 398 g/mol. The first-order valence-corrected chi connectivity index (χ1v) is 10.6. The normalized spacial score (nSPS) is 26.5. The van der Waals surface area contributed by atoms with Gasteiger partial charge in [0.2, 0.25) is 5.91 Å². The van der Waals surface area contributed by atoms with Crippen LogP contribution >= 0.6 is 11.3 Å². The molecule has 28 heavy (non-hydrogen) atoms. The maximum absolute atomic E-state index is 13.5. The summed E-state index contributed by atoms with van der Waals surface area (Å²) in [7, 11) is 0. The van der Waals surface area contributed by atoms with E-state index in [1.54, 1.807) is 24.0 Å². The van der Waals surface area contributed by atoms with Crippen LogP contribution in [0.25, 0.3) is 11.2 Å². The quantitative estimate of drug-likeness (QED) is 0.685. The maximum Gasteiger partial charge on any atom is 0.228 e. The van der Waals surface area contributed by atoms with E-state index in [0.29, 0.717) is 12.1 Å². The zero-order valence-electron chi connectivity index (χ0n) is 15.9. The number of aromatic amines is 1. The predicted octanol–water partition coefficient (Wildman–Crippen LogP) is 2.30. The number of nitrogens with one attached hydrogen (secondary N) is 2. The number of fused-ring (bicyclic) bond motifs is 3. The summed E-state index contributed by atoms with van der Waals surface area (Å²) in [5, 5.41) is 5.24. The number of imidazole rings is 1. The number of rotatable bonds is 5. The number of hydrogen-bond acceptors (Lipinski definition) is 7. The molecule has 0 radical (unpaired) electrons. The summed E-state index contributed by atoms with van der Waals surface area (Å²) < 4.78 is 0. The van der Waals surface area contributed by atoms with Gasteiger partial charge in [-0.15, -0.1) is 11.3 Å². The Morgan fingerprint density at radius 1 is 1.36 bits per heavy atom. The van der Waals surface area contributed by atoms with Gasteiger partial charge in [0, 0.05) is 29.9 Å². The lowest BCUT2D eigenvalue weighted by molar-refractivity contribution is -0.132. The van der Waals surface area contributed by atoms with Crippen molar-refractivity contribution in [1.82, 2.24) is 30.2 Å². The van der Waals surface area contributed by atoms with E-state index in [9.17, 15) is 4.79 Å². The van der Waals surface area contributed by atoms with E-state index >= 15 is 0 Å². The summed E-state index contributed by atoms with van der Waals surface area (Å²) in [5.74, 6) is 0.982. The van der Waals surface area contributed by atoms with Crippen LogP contribution in [0.2, 0.25) is 0 Å². The van der Waals surface area contributed by atoms with Gasteiger partial charge in [-0.25, -0.2) is 19.9 Å². The maximum atomic E-state index is 13.5. The molecule has 3 aromatic rings. The number of amides is 1. The number of thiazole rings is 1. The lowest BCUT2D eigenvalue weighted by atomic mass is 9.70. The smallest absolute Gasteiger partial charge is 0.228 e. The van der Waals surface area contributed by atoms with Crippen LogP contribution in [-0.2, 0) is 11.2 Å². The van der Waals surface area contributed by atoms with Crippen molar-refractivity contribution >= 4 is 34.2 Å². The largest absolute Gasteiger partial charge is 0.353 e. The molecule has 3 aromatic heterocycles. The van der Waals surface area contributed by atoms with Crippen molar-refractivity contribution in [2.24, 2.45) is 5.41 Å². The molecule has 5 rings (SSSR count). The van der Waals surface area contributed by atoms with Crippen LogP contribution in [0, 0.1) is 5.41 Å². The third-order valence-corrected chi connectivity index (χ3v) is 6.68. The van der Waals surface area contributed by atoms with E-state index in [0.717, 1.165) is 36.3 Å². The van der Waals surface area contributed by atoms with Crippen molar-refractivity contribution in [3.05, 3.63) is 29.2 Å². The van der Waals surface area contributed by atoms with E-state index < -0.39 is 5.41 Å². The summed E-state index contributed by atoms with van der Waals surface area (Å²) in [6.45, 7) is 4.02. The highest BCUT2D eigenvalue weighted by molar-refractivity contribution is 7.07. The van der Waals surface area contributed by atoms with Crippen LogP contribution in [0.1, 0.15) is 38.8 Å². The fourth-order valence-corrected chi connectivity index (χ4v) is 5.58. The molecular weight excluding hydrogens is 374 g/mol. The van der Waals surface area contributed by atoms with Crippen molar-refractivity contribution < 1.29 is 4.79 Å². The predicted molar refractivity (Wildman–Crippen MR) is 107 cm³/mol. The third-order valence-electron chi connectivity index (χ3n) is 6.04. The van der Waals surface area contributed by atoms with Crippen LogP contribution < -0.4 is 10.2 Å². The zero-order chi connectivity index (χ0) is 19.3. The van der Waals surface area contributed by atoms with Crippen LogP contribution in [-0.4, -0.2) is 49.0 Å². The summed E-state index contributed by atoms with van der Waals surface area (Å²) >= 11 is 1.58. The molecule has 0 spiro atoms. The highest BCUT2D eigenvalue weighted by atomic mass is 32.1. The summed E-state index contributed by atoms with van der Waals surface area (Å²) in [5.41, 5.74) is 3.83. The van der Waals surface area contributed by atoms with E-state index in [1.165, 1.54) is 0 Å². The number of carbonyl (C=O) groups excluding carboxylic acids is 1. The Labute approximate surface area is 166 Å². The summed E-state index contributed by atoms with van der Waals surface area (Å²) in [4.78, 5) is 36.6. The molecule has 2 fully saturated rings. The molecule has 8 nitrogen and oxygen atoms in total. The Morgan fingerprint density at radius 3 is 3.04 bits per heavy atom. The lowest BCUT2D eigenvalue weighted by Gasteiger charge is -2.36. The van der Waals surface area contributed by atoms with Gasteiger partial charge in [0.15, 0.2) is 11.5 Å². The van der Waals surface area contributed by atoms with Gasteiger partial charge in [-0.1, -0.05) is 0 Å². The van der Waals surface area contributed by atoms with Gasteiger partial charge in [0.25, 0.3) is 0 Å². The van der Waals surface area contributed by atoms with Gasteiger partial charge in [0.1, 0.15) is 11.8 Å². The number of aromatic nitrogens is 5. The number of hydrogen-bond donors (Lipinski definition) is 2. The van der Waals surface area contributed by atoms with Gasteiger partial charge in [-0.2, -0.15) is 0 Å². The Bertz CT molecular complexity index is 1000. The highest BCUT2D eigenvalue weighted by Crippen LogP contribution is 2.53. The van der Waals surface area contributed by atoms with Crippen LogP contribution in [0.4, 0.5) is 5.82 Å². The molecule has 1 amide bonds. The van der Waals surface area contributed by atoms with E-state index in [-0.39, 0.29) is 24.0 Å². The zero-order valence-corrected chi connectivity index (χ0v) is 16.7. The Kier molecular flexibility index (Phi) is 4.08. The van der Waals surface area contributed by atoms with Gasteiger partial charge >= 0.3 is 0 Å². The van der Waals surface area contributed by atoms with E-state index in [4.69, 9.17) is 0 Å². The van der Waals surface area contributed by atoms with Crippen LogP contribution in [0.3, 0.4) is 0 Å². The number of nitrogens with zero attached hydrogens (tertiary/aromatic N) is 5. The summed E-state index contributed by atoms with van der Waals surface area (Å²) in [6, 6.07) is 0.466. The molecule has 9 heteroatoms. The summed E-state index contributed by atoms with van der Waals surface area (Å²) in [6.07, 6.45) is 6.72. The molecule has 0 saturated carbocycles. The second-order valence-electron chi connectivity index (χ2n) is 8.10. The molecule has 2 aliphatic rings. The number of H-pyrrole nitrogens is 1. The molecule has 146 valence electrons. The molecule has 0 unspecified atom stereocenters. The Morgan fingerprint density at radius 2 is 2.25 bits per heavy atom. The van der Waals surface area contributed by atoms with Crippen molar-refractivity contribution in [2.75, 3.05) is 4.90 Å². The molecule has 0 aromatic carbocycles. The van der Waals surface area contributed by atoms with Gasteiger partial charge in [-0.3, -0.25) is 4.79 Å². The molecule has 2 N–H and O–H groups in total. The second kappa shape index (κ2) is 6.51. The molecular formula is C19H23N7OS. The minimum Gasteiger partial charge on any atom is -0.353 e. The second-order valence-corrected chi connectivity index (χ2v) is 8.82. The van der Waals surface area contributed by atoms with Gasteiger partial charge in [-0.05, 0) is 33.1 Å². The number of carbonyl (C=O) groups is 1. The molecule has 2 saturated heterocycles. The fraction of sp³-hybridized carbons (Fsp3) is 0.526. The lowest BCUT2D eigenvalue weighted by Crippen LogP contribution is -2.52. The molecule has 0 aliphatic carbocycles. The van der Waals surface area contributed by atoms with Crippen LogP contribution in [0.15, 0.2) is 23.5 Å². The van der Waals surface area contributed by atoms with Crippen molar-refractivity contribution in [1.29, 1.82) is 0 Å². The first-order valence-electron chi connectivity index (χ1n) is 9.69. The Balaban J connectivity index is 1.58. The molecule has 2 aliphatic heterocycles. The third kappa shape index (κ3) is 2.60. The minimum atomic E-state index is -0.501. The van der Waals surface area contributed by atoms with Crippen molar-refractivity contribution in [3.8, 4) is 0 Å². The highest BCUT2D eigenvalue weighted by Gasteiger charge is 2.60. The van der Waals surface area contributed by atoms with E-state index in [1.807, 2.05) is 19.4 Å². The number of anilines is 1. The van der Waals surface area contributed by atoms with E-state index in [2.05, 4.69) is 40.5 Å². The standard InChI is InChI=1S/C19H23N7OS/c1-11(2)25-18(27)19(5-12-7-28-10-24-12)6-13-3-4-14(19)26(13)17-15-16(21-8-20-15)22-9-23-17/h7-11,13-14H,3-6H2,1-2H3,(H,25,27)(H,20,21,22,23)/t13-,14+,19+/m1/s1. The fourth-order valence-electron chi connectivity index (χ4n) is 5.02. The molecule has 5 heterocycles. The van der Waals surface area contributed by atoms with Crippen LogP contribution in [0.5, 0.6) is 0 Å². The van der Waals surface area contributed by atoms with Crippen molar-refractivity contribution in [3.63, 3.8) is 0 Å². The topological polar surface area (TPSA) is 99.7 Å². The molecule has 3 atom stereocenters. The minimum absolute atomic E-state index is 0.0827. The van der Waals surface area contributed by atoms with Gasteiger partial charge in [0.05, 0.1) is 22.9 Å². The first kappa shape index (κ1) is 17.5. The van der Waals surface area contributed by atoms with Crippen molar-refractivity contribution in [2.45, 2.75) is 57.7 Å². The van der Waals surface area contributed by atoms with Gasteiger partial charge < -0.3 is 15.2 Å². The SMILES string of the molecule is CC(C)NC(=O)[C@@]1(Cc2cscn2)C[C@H]2CC[C@@H]1N2c1ncnc2nc[nH]c12. The Hall–Kier alpha value is -2.55. The average Bonchev–Trinajstić information content (AvgIpc) is 3.44. The first-order chi connectivity index (χ1) is 13.6. The molecule has 2 bridgehead atoms. The monoisotopic (exact) mass is 397 g/mol.